The van der Waals surface area contributed by atoms with Gasteiger partial charge < -0.3 is 9.90 Å². The predicted octanol–water partition coefficient (Wildman–Crippen LogP) is 1.96. The Morgan fingerprint density at radius 3 is 2.60 bits per heavy atom. The third-order valence-corrected chi connectivity index (χ3v) is 2.56. The summed E-state index contributed by atoms with van der Waals surface area (Å²) in [7, 11) is 0. The second-order valence-corrected chi connectivity index (χ2v) is 3.87. The van der Waals surface area contributed by atoms with E-state index in [-0.39, 0.29) is 33.2 Å². The van der Waals surface area contributed by atoms with E-state index in [1.54, 1.807) is 18.2 Å². The topological polar surface area (TPSA) is 40.1 Å². The van der Waals surface area contributed by atoms with E-state index < -0.39 is 5.97 Å². The number of rotatable bonds is 1. The van der Waals surface area contributed by atoms with Gasteiger partial charge in [-0.05, 0) is 22.9 Å². The largest absolute Gasteiger partial charge is 1.00 e. The van der Waals surface area contributed by atoms with Crippen LogP contribution in [0.15, 0.2) is 40.9 Å². The van der Waals surface area contributed by atoms with Crippen LogP contribution in [0.3, 0.4) is 0 Å². The fraction of sp³-hybridized carbons (Fsp3) is 0. The van der Waals surface area contributed by atoms with Crippen LogP contribution in [0.5, 0.6) is 0 Å². The number of carbonyl (C=O) groups excluding carboxylic acids is 1. The summed E-state index contributed by atoms with van der Waals surface area (Å²) in [5.41, 5.74) is 0.226. The molecule has 0 amide bonds. The summed E-state index contributed by atoms with van der Waals surface area (Å²) < 4.78 is 0.860. The van der Waals surface area contributed by atoms with E-state index in [0.717, 1.165) is 9.86 Å². The zero-order valence-corrected chi connectivity index (χ0v) is 14.9. The first-order valence-corrected chi connectivity index (χ1v) is 4.87. The molecule has 0 bridgehead atoms. The van der Waals surface area contributed by atoms with E-state index >= 15 is 0 Å². The summed E-state index contributed by atoms with van der Waals surface area (Å²) in [5, 5.41) is 12.4. The fourth-order valence-electron chi connectivity index (χ4n) is 1.42. The van der Waals surface area contributed by atoms with Crippen LogP contribution in [-0.4, -0.2) is 5.97 Å². The molecule has 0 aromatic heterocycles. The molecule has 0 saturated carbocycles. The van der Waals surface area contributed by atoms with Gasteiger partial charge in [-0.25, -0.2) is 0 Å². The average Bonchev–Trinajstić information content (AvgIpc) is 2.16. The molecular weight excluding hydrogens is 445 g/mol. The third-order valence-electron chi connectivity index (χ3n) is 2.06. The van der Waals surface area contributed by atoms with E-state index in [2.05, 4.69) is 15.9 Å². The van der Waals surface area contributed by atoms with Crippen molar-refractivity contribution in [2.45, 2.75) is 0 Å². The Kier molecular flexibility index (Phi) is 4.28. The summed E-state index contributed by atoms with van der Waals surface area (Å²) >= 11 is 3.30. The molecule has 0 aliphatic carbocycles. The predicted molar refractivity (Wildman–Crippen MR) is 56.0 cm³/mol. The van der Waals surface area contributed by atoms with Crippen molar-refractivity contribution in [1.82, 2.24) is 0 Å². The standard InChI is InChI=1S/C11H7BrO2.Hg/c12-8-5-4-7-2-1-3-9(11(13)14)10(7)6-8;/h1-6H,(H,13,14);/q;+1/p-1. The SMILES string of the molecule is O=C([O-])c1cccc2ccc(Br)cc12.[Hg+]. The Morgan fingerprint density at radius 2 is 1.93 bits per heavy atom. The Morgan fingerprint density at radius 1 is 1.20 bits per heavy atom. The maximum Gasteiger partial charge on any atom is 1.00 e. The van der Waals surface area contributed by atoms with Gasteiger partial charge in [-0.2, -0.15) is 0 Å². The second-order valence-electron chi connectivity index (χ2n) is 2.96. The normalized spacial score (nSPS) is 9.67. The second kappa shape index (κ2) is 5.08. The molecule has 0 atom stereocenters. The first-order chi connectivity index (χ1) is 6.68. The van der Waals surface area contributed by atoms with Crippen molar-refractivity contribution in [2.24, 2.45) is 0 Å². The summed E-state index contributed by atoms with van der Waals surface area (Å²) in [5.74, 6) is -1.14. The van der Waals surface area contributed by atoms with Crippen molar-refractivity contribution in [3.63, 3.8) is 0 Å². The number of hydrogen-bond acceptors (Lipinski definition) is 2. The van der Waals surface area contributed by atoms with Crippen molar-refractivity contribution >= 4 is 32.7 Å². The van der Waals surface area contributed by atoms with Crippen LogP contribution < -0.4 is 5.11 Å². The van der Waals surface area contributed by atoms with E-state index in [4.69, 9.17) is 0 Å². The molecular formula is C11H6BrHgO2. The number of carboxylic acid groups (broad SMARTS) is 1. The van der Waals surface area contributed by atoms with Crippen LogP contribution in [0.2, 0.25) is 0 Å². The van der Waals surface area contributed by atoms with Crippen molar-refractivity contribution in [3.8, 4) is 0 Å². The molecule has 2 rings (SSSR count). The fourth-order valence-corrected chi connectivity index (χ4v) is 1.78. The molecule has 0 saturated heterocycles. The van der Waals surface area contributed by atoms with Gasteiger partial charge in [0.2, 0.25) is 0 Å². The molecule has 2 aromatic carbocycles. The number of fused-ring (bicyclic) bond motifs is 1. The van der Waals surface area contributed by atoms with E-state index in [9.17, 15) is 9.90 Å². The minimum Gasteiger partial charge on any atom is -0.545 e. The number of hydrogen-bond donors (Lipinski definition) is 0. The van der Waals surface area contributed by atoms with Crippen molar-refractivity contribution in [1.29, 1.82) is 0 Å². The molecule has 0 fully saturated rings. The van der Waals surface area contributed by atoms with Gasteiger partial charge in [0.1, 0.15) is 0 Å². The number of benzene rings is 2. The Bertz CT molecular complexity index is 511. The van der Waals surface area contributed by atoms with Crippen LogP contribution >= 0.6 is 15.9 Å². The number of carboxylic acids is 1. The van der Waals surface area contributed by atoms with Crippen molar-refractivity contribution < 1.29 is 37.6 Å². The molecule has 0 N–H and O–H groups in total. The summed E-state index contributed by atoms with van der Waals surface area (Å²) in [6, 6.07) is 10.6. The Labute approximate surface area is 116 Å². The van der Waals surface area contributed by atoms with Gasteiger partial charge in [-0.3, -0.25) is 0 Å². The van der Waals surface area contributed by atoms with Gasteiger partial charge in [-0.15, -0.1) is 0 Å². The molecule has 0 spiro atoms. The van der Waals surface area contributed by atoms with Crippen molar-refractivity contribution in [2.75, 3.05) is 0 Å². The van der Waals surface area contributed by atoms with E-state index in [0.29, 0.717) is 5.39 Å². The Hall–Kier alpha value is -0.415. The minimum atomic E-state index is -1.14. The van der Waals surface area contributed by atoms with Crippen LogP contribution in [0, 0.1) is 0 Å². The maximum atomic E-state index is 10.8. The molecule has 0 aliphatic heterocycles. The molecule has 71 valence electrons. The third kappa shape index (κ3) is 2.58. The van der Waals surface area contributed by atoms with Crippen LogP contribution in [0.1, 0.15) is 10.4 Å². The molecule has 4 heteroatoms. The number of aromatic carboxylic acids is 1. The Balaban J connectivity index is 0.00000112. The minimum absolute atomic E-state index is 0. The van der Waals surface area contributed by atoms with Gasteiger partial charge >= 0.3 is 27.7 Å². The number of halogens is 1. The van der Waals surface area contributed by atoms with Gasteiger partial charge in [0, 0.05) is 10.0 Å². The van der Waals surface area contributed by atoms with E-state index in [1.807, 2.05) is 18.2 Å². The van der Waals surface area contributed by atoms with Crippen molar-refractivity contribution in [3.05, 3.63) is 46.4 Å². The van der Waals surface area contributed by atoms with Gasteiger partial charge in [-0.1, -0.05) is 40.2 Å². The van der Waals surface area contributed by atoms with Crippen LogP contribution in [0.25, 0.3) is 10.8 Å². The monoisotopic (exact) mass is 451 g/mol. The number of carbonyl (C=O) groups is 1. The molecule has 0 heterocycles. The molecule has 1 radical (unpaired) electrons. The van der Waals surface area contributed by atoms with Crippen LogP contribution in [-0.2, 0) is 27.7 Å². The first kappa shape index (κ1) is 12.7. The summed E-state index contributed by atoms with van der Waals surface area (Å²) in [6.45, 7) is 0. The zero-order chi connectivity index (χ0) is 10.1. The van der Waals surface area contributed by atoms with E-state index in [1.165, 1.54) is 0 Å². The molecule has 0 aliphatic rings. The van der Waals surface area contributed by atoms with Gasteiger partial charge in [0.15, 0.2) is 0 Å². The molecule has 0 unspecified atom stereocenters. The van der Waals surface area contributed by atoms with Gasteiger partial charge in [0.05, 0.1) is 5.97 Å². The zero-order valence-electron chi connectivity index (χ0n) is 7.87. The average molecular weight is 451 g/mol. The molecule has 2 nitrogen and oxygen atoms in total. The molecule has 15 heavy (non-hydrogen) atoms. The maximum absolute atomic E-state index is 10.8. The smallest absolute Gasteiger partial charge is 0.545 e. The quantitative estimate of drug-likeness (QED) is 0.624. The van der Waals surface area contributed by atoms with Crippen LogP contribution in [0.4, 0.5) is 0 Å². The first-order valence-electron chi connectivity index (χ1n) is 4.08. The molecule has 2 aromatic rings. The summed E-state index contributed by atoms with van der Waals surface area (Å²) in [4.78, 5) is 10.8. The van der Waals surface area contributed by atoms with Gasteiger partial charge in [0.25, 0.3) is 0 Å². The summed E-state index contributed by atoms with van der Waals surface area (Å²) in [6.07, 6.45) is 0.